The number of hydrogen-bond donors (Lipinski definition) is 1. The van der Waals surface area contributed by atoms with Gasteiger partial charge in [-0.25, -0.2) is 4.39 Å². The molecule has 0 saturated heterocycles. The summed E-state index contributed by atoms with van der Waals surface area (Å²) < 4.78 is 13.3. The van der Waals surface area contributed by atoms with E-state index in [9.17, 15) is 14.3 Å². The Morgan fingerprint density at radius 1 is 1.29 bits per heavy atom. The fourth-order valence-corrected chi connectivity index (χ4v) is 3.01. The van der Waals surface area contributed by atoms with Crippen molar-refractivity contribution in [2.24, 2.45) is 0 Å². The van der Waals surface area contributed by atoms with Gasteiger partial charge >= 0.3 is 0 Å². The number of nitrogens with zero attached hydrogens (tertiary/aromatic N) is 1. The summed E-state index contributed by atoms with van der Waals surface area (Å²) in [5.74, 6) is -0.459. The van der Waals surface area contributed by atoms with Crippen molar-refractivity contribution in [2.45, 2.75) is 24.4 Å². The number of Topliss-reactive ketones (excluding diaryl/α,β-unsaturated/α-hetero) is 1. The standard InChI is InChI=1S/C16H13ClFNO2/c17-12-7-10(4-5-13(12)18)16(8-11(20)9-16)15(21)14-3-1-2-6-19-14/h1-7,15,21H,8-9H2. The highest BCUT2D eigenvalue weighted by molar-refractivity contribution is 6.30. The monoisotopic (exact) mass is 305 g/mol. The molecule has 0 bridgehead atoms. The summed E-state index contributed by atoms with van der Waals surface area (Å²) in [7, 11) is 0. The van der Waals surface area contributed by atoms with Gasteiger partial charge in [0.25, 0.3) is 0 Å². The summed E-state index contributed by atoms with van der Waals surface area (Å²) in [6.45, 7) is 0. The number of ketones is 1. The minimum Gasteiger partial charge on any atom is -0.386 e. The molecule has 0 radical (unpaired) electrons. The van der Waals surface area contributed by atoms with Gasteiger partial charge < -0.3 is 5.11 Å². The third-order valence-electron chi connectivity index (χ3n) is 4.01. The summed E-state index contributed by atoms with van der Waals surface area (Å²) in [6, 6.07) is 9.55. The maximum atomic E-state index is 13.3. The number of benzene rings is 1. The summed E-state index contributed by atoms with van der Waals surface area (Å²) in [5.41, 5.74) is 0.375. The van der Waals surface area contributed by atoms with Crippen molar-refractivity contribution in [2.75, 3.05) is 0 Å². The van der Waals surface area contributed by atoms with E-state index in [1.807, 2.05) is 0 Å². The molecule has 1 atom stereocenters. The Bertz CT molecular complexity index is 682. The third-order valence-corrected chi connectivity index (χ3v) is 4.30. The smallest absolute Gasteiger partial charge is 0.141 e. The Balaban J connectivity index is 2.04. The van der Waals surface area contributed by atoms with E-state index in [4.69, 9.17) is 11.6 Å². The van der Waals surface area contributed by atoms with Crippen LogP contribution in [0.1, 0.15) is 30.2 Å². The van der Waals surface area contributed by atoms with E-state index in [0.29, 0.717) is 11.3 Å². The average Bonchev–Trinajstić information content (AvgIpc) is 2.47. The highest BCUT2D eigenvalue weighted by Crippen LogP contribution is 2.50. The molecule has 5 heteroatoms. The number of aromatic nitrogens is 1. The van der Waals surface area contributed by atoms with Crippen molar-refractivity contribution < 1.29 is 14.3 Å². The van der Waals surface area contributed by atoms with Crippen LogP contribution in [0, 0.1) is 5.82 Å². The van der Waals surface area contributed by atoms with Gasteiger partial charge in [-0.05, 0) is 29.8 Å². The highest BCUT2D eigenvalue weighted by Gasteiger charge is 2.51. The van der Waals surface area contributed by atoms with Gasteiger partial charge in [-0.1, -0.05) is 23.7 Å². The largest absolute Gasteiger partial charge is 0.386 e. The van der Waals surface area contributed by atoms with Gasteiger partial charge in [-0.15, -0.1) is 0 Å². The molecule has 1 heterocycles. The van der Waals surface area contributed by atoms with Crippen LogP contribution in [-0.2, 0) is 10.2 Å². The van der Waals surface area contributed by atoms with E-state index >= 15 is 0 Å². The van der Waals surface area contributed by atoms with Crippen LogP contribution in [0.5, 0.6) is 0 Å². The number of aliphatic hydroxyl groups is 1. The molecule has 1 fully saturated rings. The first-order valence-electron chi connectivity index (χ1n) is 6.59. The van der Waals surface area contributed by atoms with E-state index in [1.165, 1.54) is 12.1 Å². The minimum atomic E-state index is -0.932. The van der Waals surface area contributed by atoms with Gasteiger partial charge in [0.15, 0.2) is 0 Å². The normalized spacial score (nSPS) is 18.1. The van der Waals surface area contributed by atoms with Gasteiger partial charge in [0, 0.05) is 24.5 Å². The number of carbonyl (C=O) groups is 1. The molecule has 2 aromatic rings. The molecule has 21 heavy (non-hydrogen) atoms. The molecule has 3 rings (SSSR count). The SMILES string of the molecule is O=C1CC(c2ccc(F)c(Cl)c2)(C(O)c2ccccn2)C1. The maximum Gasteiger partial charge on any atom is 0.141 e. The van der Waals surface area contributed by atoms with E-state index in [1.54, 1.807) is 30.5 Å². The Kier molecular flexibility index (Phi) is 3.51. The van der Waals surface area contributed by atoms with Crippen molar-refractivity contribution >= 4 is 17.4 Å². The van der Waals surface area contributed by atoms with Gasteiger partial charge in [0.2, 0.25) is 0 Å². The summed E-state index contributed by atoms with van der Waals surface area (Å²) in [5, 5.41) is 10.7. The number of halogens is 2. The van der Waals surface area contributed by atoms with Gasteiger partial charge in [-0.3, -0.25) is 9.78 Å². The molecule has 1 aliphatic carbocycles. The van der Waals surface area contributed by atoms with Crippen molar-refractivity contribution in [1.82, 2.24) is 4.98 Å². The first-order chi connectivity index (χ1) is 10.0. The van der Waals surface area contributed by atoms with Crippen molar-refractivity contribution in [3.05, 3.63) is 64.7 Å². The zero-order chi connectivity index (χ0) is 15.0. The van der Waals surface area contributed by atoms with Crippen LogP contribution in [0.3, 0.4) is 0 Å². The van der Waals surface area contributed by atoms with Crippen LogP contribution in [0.15, 0.2) is 42.6 Å². The van der Waals surface area contributed by atoms with Crippen molar-refractivity contribution in [3.8, 4) is 0 Å². The van der Waals surface area contributed by atoms with Crippen molar-refractivity contribution in [3.63, 3.8) is 0 Å². The summed E-state index contributed by atoms with van der Waals surface area (Å²) in [4.78, 5) is 15.7. The quantitative estimate of drug-likeness (QED) is 0.947. The molecule has 1 aromatic heterocycles. The Morgan fingerprint density at radius 2 is 2.05 bits per heavy atom. The van der Waals surface area contributed by atoms with Crippen LogP contribution in [0.2, 0.25) is 5.02 Å². The molecule has 1 saturated carbocycles. The topological polar surface area (TPSA) is 50.2 Å². The summed E-state index contributed by atoms with van der Waals surface area (Å²) in [6.07, 6.45) is 1.06. The predicted molar refractivity (Wildman–Crippen MR) is 76.5 cm³/mol. The number of aliphatic hydroxyl groups excluding tert-OH is 1. The molecular weight excluding hydrogens is 293 g/mol. The first kappa shape index (κ1) is 14.2. The lowest BCUT2D eigenvalue weighted by Gasteiger charge is -2.44. The summed E-state index contributed by atoms with van der Waals surface area (Å²) >= 11 is 5.83. The van der Waals surface area contributed by atoms with Gasteiger partial charge in [0.1, 0.15) is 17.7 Å². The molecule has 0 aliphatic heterocycles. The molecule has 1 aromatic carbocycles. The van der Waals surface area contributed by atoms with Crippen LogP contribution >= 0.6 is 11.6 Å². The van der Waals surface area contributed by atoms with Gasteiger partial charge in [-0.2, -0.15) is 0 Å². The number of carbonyl (C=O) groups excluding carboxylic acids is 1. The Hall–Kier alpha value is -1.78. The lowest BCUT2D eigenvalue weighted by Crippen LogP contribution is -2.46. The van der Waals surface area contributed by atoms with E-state index in [2.05, 4.69) is 4.98 Å². The fraction of sp³-hybridized carbons (Fsp3) is 0.250. The molecule has 1 unspecified atom stereocenters. The Labute approximate surface area is 126 Å². The van der Waals surface area contributed by atoms with E-state index < -0.39 is 17.3 Å². The second-order valence-electron chi connectivity index (χ2n) is 5.33. The third kappa shape index (κ3) is 2.34. The zero-order valence-electron chi connectivity index (χ0n) is 11.1. The lowest BCUT2D eigenvalue weighted by atomic mass is 9.59. The maximum absolute atomic E-state index is 13.3. The average molecular weight is 306 g/mol. The van der Waals surface area contributed by atoms with Crippen molar-refractivity contribution in [1.29, 1.82) is 0 Å². The number of rotatable bonds is 3. The molecule has 108 valence electrons. The van der Waals surface area contributed by atoms with E-state index in [-0.39, 0.29) is 23.6 Å². The van der Waals surface area contributed by atoms with Gasteiger partial charge in [0.05, 0.1) is 10.7 Å². The predicted octanol–water partition coefficient (Wildman–Crippen LogP) is 3.21. The Morgan fingerprint density at radius 3 is 2.62 bits per heavy atom. The number of hydrogen-bond acceptors (Lipinski definition) is 3. The second-order valence-corrected chi connectivity index (χ2v) is 5.74. The fourth-order valence-electron chi connectivity index (χ4n) is 2.83. The molecule has 1 aliphatic rings. The molecule has 0 spiro atoms. The van der Waals surface area contributed by atoms with Crippen LogP contribution in [0.4, 0.5) is 4.39 Å². The van der Waals surface area contributed by atoms with Crippen LogP contribution in [-0.4, -0.2) is 15.9 Å². The van der Waals surface area contributed by atoms with E-state index in [0.717, 1.165) is 0 Å². The highest BCUT2D eigenvalue weighted by atomic mass is 35.5. The first-order valence-corrected chi connectivity index (χ1v) is 6.97. The lowest BCUT2D eigenvalue weighted by molar-refractivity contribution is -0.133. The van der Waals surface area contributed by atoms with Crippen LogP contribution in [0.25, 0.3) is 0 Å². The zero-order valence-corrected chi connectivity index (χ0v) is 11.8. The molecule has 0 amide bonds. The van der Waals surface area contributed by atoms with Crippen LogP contribution < -0.4 is 0 Å². The number of pyridine rings is 1. The molecule has 3 nitrogen and oxygen atoms in total. The molecular formula is C16H13ClFNO2. The minimum absolute atomic E-state index is 0.0144. The second kappa shape index (κ2) is 5.20. The molecule has 1 N–H and O–H groups in total.